The minimum atomic E-state index is 0.372. The molecule has 3 rings (SSSR count). The Labute approximate surface area is 169 Å². The predicted octanol–water partition coefficient (Wildman–Crippen LogP) is 7.52. The van der Waals surface area contributed by atoms with E-state index in [9.17, 15) is 0 Å². The van der Waals surface area contributed by atoms with Crippen LogP contribution >= 0.6 is 22.6 Å². The van der Waals surface area contributed by atoms with Crippen molar-refractivity contribution in [2.24, 2.45) is 35.0 Å². The molecule has 3 aliphatic carbocycles. The van der Waals surface area contributed by atoms with Crippen molar-refractivity contribution in [1.82, 2.24) is 0 Å². The molecule has 0 aromatic heterocycles. The number of hydrogen-bond donors (Lipinski definition) is 0. The molecular formula is C24H35I. The maximum absolute atomic E-state index is 2.74. The van der Waals surface area contributed by atoms with E-state index in [0.29, 0.717) is 14.8 Å². The van der Waals surface area contributed by atoms with Gasteiger partial charge in [-0.05, 0) is 60.7 Å². The number of rotatable bonds is 5. The summed E-state index contributed by atoms with van der Waals surface area (Å²) >= 11 is 2.74. The minimum Gasteiger partial charge on any atom is -0.0808 e. The molecular weight excluding hydrogens is 415 g/mol. The van der Waals surface area contributed by atoms with Gasteiger partial charge in [0.1, 0.15) is 0 Å². The van der Waals surface area contributed by atoms with Gasteiger partial charge in [0.2, 0.25) is 0 Å². The molecule has 0 bridgehead atoms. The van der Waals surface area contributed by atoms with Gasteiger partial charge in [-0.1, -0.05) is 105 Å². The van der Waals surface area contributed by atoms with Crippen LogP contribution in [-0.4, -0.2) is 3.42 Å². The zero-order valence-electron chi connectivity index (χ0n) is 16.4. The molecule has 0 amide bonds. The highest BCUT2D eigenvalue weighted by Gasteiger charge is 2.47. The molecule has 1 saturated carbocycles. The quantitative estimate of drug-likeness (QED) is 0.300. The molecule has 1 heteroatoms. The second-order valence-electron chi connectivity index (χ2n) is 9.52. The van der Waals surface area contributed by atoms with Crippen LogP contribution in [-0.2, 0) is 0 Å². The van der Waals surface area contributed by atoms with Crippen molar-refractivity contribution in [3.8, 4) is 0 Å². The summed E-state index contributed by atoms with van der Waals surface area (Å²) in [6, 6.07) is 0. The van der Waals surface area contributed by atoms with Crippen LogP contribution in [0.1, 0.15) is 59.8 Å². The van der Waals surface area contributed by atoms with Crippen LogP contribution in [0.25, 0.3) is 0 Å². The lowest BCUT2D eigenvalue weighted by Gasteiger charge is -2.51. The first-order valence-electron chi connectivity index (χ1n) is 10.2. The summed E-state index contributed by atoms with van der Waals surface area (Å²) < 4.78 is 0.432. The van der Waals surface area contributed by atoms with Gasteiger partial charge in [-0.25, -0.2) is 0 Å². The lowest BCUT2D eigenvalue weighted by atomic mass is 9.56. The van der Waals surface area contributed by atoms with Crippen LogP contribution in [0.5, 0.6) is 0 Å². The zero-order chi connectivity index (χ0) is 18.1. The average Bonchev–Trinajstić information content (AvgIpc) is 2.55. The minimum absolute atomic E-state index is 0.372. The van der Waals surface area contributed by atoms with Gasteiger partial charge in [-0.3, -0.25) is 0 Å². The highest BCUT2D eigenvalue weighted by atomic mass is 127. The maximum atomic E-state index is 2.74. The zero-order valence-corrected chi connectivity index (χ0v) is 18.6. The number of alkyl halides is 1. The van der Waals surface area contributed by atoms with E-state index < -0.39 is 0 Å². The number of halogens is 1. The largest absolute Gasteiger partial charge is 0.0808 e. The van der Waals surface area contributed by atoms with Crippen molar-refractivity contribution in [2.75, 3.05) is 0 Å². The second kappa shape index (κ2) is 7.74. The molecule has 0 nitrogen and oxygen atoms in total. The van der Waals surface area contributed by atoms with Crippen LogP contribution < -0.4 is 0 Å². The van der Waals surface area contributed by atoms with Gasteiger partial charge < -0.3 is 0 Å². The summed E-state index contributed by atoms with van der Waals surface area (Å²) in [6.45, 7) is 9.89. The molecule has 1 fully saturated rings. The Hall–Kier alpha value is -0.310. The molecule has 0 aromatic rings. The third kappa shape index (κ3) is 4.51. The van der Waals surface area contributed by atoms with E-state index >= 15 is 0 Å². The Morgan fingerprint density at radius 2 is 1.60 bits per heavy atom. The Morgan fingerprint density at radius 3 is 2.32 bits per heavy atom. The molecule has 0 heterocycles. The van der Waals surface area contributed by atoms with Gasteiger partial charge in [0.25, 0.3) is 0 Å². The van der Waals surface area contributed by atoms with Gasteiger partial charge in [-0.2, -0.15) is 0 Å². The Kier molecular flexibility index (Phi) is 6.02. The second-order valence-corrected chi connectivity index (χ2v) is 12.1. The van der Waals surface area contributed by atoms with Crippen molar-refractivity contribution in [3.63, 3.8) is 0 Å². The Bertz CT molecular complexity index is 575. The summed E-state index contributed by atoms with van der Waals surface area (Å²) in [5.74, 6) is 3.69. The first kappa shape index (κ1) is 19.5. The van der Waals surface area contributed by atoms with Gasteiger partial charge >= 0.3 is 0 Å². The molecule has 25 heavy (non-hydrogen) atoms. The summed E-state index contributed by atoms with van der Waals surface area (Å²) in [5, 5.41) is 0. The predicted molar refractivity (Wildman–Crippen MR) is 119 cm³/mol. The van der Waals surface area contributed by atoms with E-state index in [-0.39, 0.29) is 0 Å². The third-order valence-electron chi connectivity index (χ3n) is 6.83. The first-order chi connectivity index (χ1) is 11.8. The van der Waals surface area contributed by atoms with Crippen molar-refractivity contribution >= 4 is 22.6 Å². The maximum Gasteiger partial charge on any atom is 0.0203 e. The molecule has 6 atom stereocenters. The lowest BCUT2D eigenvalue weighted by molar-refractivity contribution is 0.0586. The van der Waals surface area contributed by atoms with E-state index in [1.165, 1.54) is 32.1 Å². The number of hydrogen-bond acceptors (Lipinski definition) is 0. The normalized spacial score (nSPS) is 40.3. The third-order valence-corrected chi connectivity index (χ3v) is 7.71. The topological polar surface area (TPSA) is 0 Å². The van der Waals surface area contributed by atoms with Gasteiger partial charge in [0.05, 0.1) is 0 Å². The van der Waals surface area contributed by atoms with Gasteiger partial charge in [0.15, 0.2) is 0 Å². The smallest absolute Gasteiger partial charge is 0.0203 e. The van der Waals surface area contributed by atoms with Crippen molar-refractivity contribution in [1.29, 1.82) is 0 Å². The van der Waals surface area contributed by atoms with Crippen LogP contribution in [0.15, 0.2) is 48.6 Å². The number of fused-ring (bicyclic) bond motifs is 1. The molecule has 3 aliphatic rings. The molecule has 0 N–H and O–H groups in total. The van der Waals surface area contributed by atoms with E-state index in [1.54, 1.807) is 0 Å². The van der Waals surface area contributed by atoms with Crippen molar-refractivity contribution < 1.29 is 0 Å². The fourth-order valence-electron chi connectivity index (χ4n) is 5.59. The standard InChI is InChI=1S/C24H35I/c1-5-10-18-11-6-7-12-19(18)15-23(2,3)22-17-24(4,25)16-20-13-8-9-14-21(20)22/h6-9,11-14,18-22H,5,10,15-17H2,1-4H3/t18?,19?,20?,21?,22?,24-/m0/s1. The fourth-order valence-corrected chi connectivity index (χ4v) is 6.58. The monoisotopic (exact) mass is 450 g/mol. The van der Waals surface area contributed by atoms with E-state index in [2.05, 4.69) is 98.9 Å². The summed E-state index contributed by atoms with van der Waals surface area (Å²) in [4.78, 5) is 0. The van der Waals surface area contributed by atoms with Crippen LogP contribution in [0.2, 0.25) is 0 Å². The molecule has 0 aromatic carbocycles. The molecule has 0 aliphatic heterocycles. The fraction of sp³-hybridized carbons (Fsp3) is 0.667. The molecule has 0 radical (unpaired) electrons. The van der Waals surface area contributed by atoms with E-state index in [4.69, 9.17) is 0 Å². The molecule has 0 saturated heterocycles. The van der Waals surface area contributed by atoms with Crippen molar-refractivity contribution in [2.45, 2.75) is 63.2 Å². The summed E-state index contributed by atoms with van der Waals surface area (Å²) in [6.07, 6.45) is 25.7. The van der Waals surface area contributed by atoms with Crippen molar-refractivity contribution in [3.05, 3.63) is 48.6 Å². The van der Waals surface area contributed by atoms with E-state index in [1.807, 2.05) is 0 Å². The molecule has 5 unspecified atom stereocenters. The Morgan fingerprint density at radius 1 is 0.960 bits per heavy atom. The van der Waals surface area contributed by atoms with Crippen LogP contribution in [0.3, 0.4) is 0 Å². The highest BCUT2D eigenvalue weighted by Crippen LogP contribution is 2.55. The summed E-state index contributed by atoms with van der Waals surface area (Å²) in [7, 11) is 0. The SMILES string of the molecule is CCCC1C=CC=CC1CC(C)(C)C1C[C@@](C)(I)CC2C=CC=CC21. The Balaban J connectivity index is 1.79. The van der Waals surface area contributed by atoms with E-state index in [0.717, 1.165) is 23.7 Å². The van der Waals surface area contributed by atoms with Crippen LogP contribution in [0.4, 0.5) is 0 Å². The van der Waals surface area contributed by atoms with Crippen LogP contribution in [0, 0.1) is 35.0 Å². The lowest BCUT2D eigenvalue weighted by Crippen LogP contribution is -2.45. The average molecular weight is 450 g/mol. The van der Waals surface area contributed by atoms with Gasteiger partial charge in [0, 0.05) is 3.42 Å². The van der Waals surface area contributed by atoms with Gasteiger partial charge in [-0.15, -0.1) is 0 Å². The molecule has 0 spiro atoms. The first-order valence-corrected chi connectivity index (χ1v) is 11.3. The number of allylic oxidation sites excluding steroid dienone is 8. The summed E-state index contributed by atoms with van der Waals surface area (Å²) in [5.41, 5.74) is 0.372. The highest BCUT2D eigenvalue weighted by molar-refractivity contribution is 14.1. The molecule has 138 valence electrons.